The van der Waals surface area contributed by atoms with Crippen molar-refractivity contribution >= 4 is 33.4 Å². The molecule has 6 heteroatoms. The van der Waals surface area contributed by atoms with Gasteiger partial charge in [-0.3, -0.25) is 9.59 Å². The Morgan fingerprint density at radius 3 is 1.56 bits per heavy atom. The molecule has 0 fully saturated rings. The van der Waals surface area contributed by atoms with Crippen molar-refractivity contribution in [2.24, 2.45) is 0 Å². The van der Waals surface area contributed by atoms with Crippen molar-refractivity contribution in [1.29, 1.82) is 0 Å². The van der Waals surface area contributed by atoms with E-state index in [4.69, 9.17) is 0 Å². The summed E-state index contributed by atoms with van der Waals surface area (Å²) in [6.45, 7) is 4.58. The first-order valence-corrected chi connectivity index (χ1v) is 7.85. The number of carbonyl (C=O) groups is 2. The molecule has 2 N–H and O–H groups in total. The van der Waals surface area contributed by atoms with Crippen molar-refractivity contribution in [2.75, 3.05) is 24.6 Å². The van der Waals surface area contributed by atoms with Crippen LogP contribution >= 0.6 is 21.6 Å². The summed E-state index contributed by atoms with van der Waals surface area (Å²) in [4.78, 5) is 21.1. The van der Waals surface area contributed by atoms with E-state index in [2.05, 4.69) is 10.6 Å². The topological polar surface area (TPSA) is 58.2 Å². The maximum Gasteiger partial charge on any atom is 0.216 e. The van der Waals surface area contributed by atoms with Gasteiger partial charge in [0, 0.05) is 38.4 Å². The molecular weight excluding hydrogens is 244 g/mol. The van der Waals surface area contributed by atoms with Gasteiger partial charge in [-0.15, -0.1) is 0 Å². The Hall–Kier alpha value is -0.360. The largest absolute Gasteiger partial charge is 0.356 e. The zero-order chi connectivity index (χ0) is 12.2. The predicted octanol–water partition coefficient (Wildman–Crippen LogP) is 1.42. The van der Waals surface area contributed by atoms with E-state index in [1.165, 1.54) is 13.8 Å². The van der Waals surface area contributed by atoms with Gasteiger partial charge >= 0.3 is 0 Å². The molecular formula is C10H20N2O2S2. The van der Waals surface area contributed by atoms with Gasteiger partial charge in [-0.05, 0) is 12.8 Å². The van der Waals surface area contributed by atoms with Crippen LogP contribution in [0.5, 0.6) is 0 Å². The van der Waals surface area contributed by atoms with Crippen molar-refractivity contribution in [2.45, 2.75) is 26.7 Å². The maximum absolute atomic E-state index is 10.5. The zero-order valence-electron chi connectivity index (χ0n) is 9.88. The van der Waals surface area contributed by atoms with Crippen LogP contribution in [0.1, 0.15) is 26.7 Å². The van der Waals surface area contributed by atoms with Crippen molar-refractivity contribution in [3.8, 4) is 0 Å². The van der Waals surface area contributed by atoms with Gasteiger partial charge in [-0.2, -0.15) is 0 Å². The lowest BCUT2D eigenvalue weighted by atomic mass is 10.5. The van der Waals surface area contributed by atoms with Gasteiger partial charge in [0.2, 0.25) is 11.8 Å². The average Bonchev–Trinajstić information content (AvgIpc) is 2.20. The molecule has 0 saturated heterocycles. The molecule has 4 nitrogen and oxygen atoms in total. The summed E-state index contributed by atoms with van der Waals surface area (Å²) in [5, 5.41) is 5.52. The van der Waals surface area contributed by atoms with E-state index >= 15 is 0 Å². The summed E-state index contributed by atoms with van der Waals surface area (Å²) in [6, 6.07) is 0. The Bertz CT molecular complexity index is 191. The summed E-state index contributed by atoms with van der Waals surface area (Å²) in [5.74, 6) is 2.16. The summed E-state index contributed by atoms with van der Waals surface area (Å²) < 4.78 is 0. The highest BCUT2D eigenvalue weighted by Gasteiger charge is 1.94. The third-order valence-electron chi connectivity index (χ3n) is 1.64. The molecule has 0 aromatic rings. The molecule has 0 atom stereocenters. The second-order valence-electron chi connectivity index (χ2n) is 3.32. The second-order valence-corrected chi connectivity index (χ2v) is 6.02. The Kier molecular flexibility index (Phi) is 10.9. The van der Waals surface area contributed by atoms with E-state index in [0.717, 1.165) is 37.4 Å². The van der Waals surface area contributed by atoms with Gasteiger partial charge in [0.25, 0.3) is 0 Å². The molecule has 0 bridgehead atoms. The van der Waals surface area contributed by atoms with Crippen LogP contribution in [0.2, 0.25) is 0 Å². The molecule has 0 spiro atoms. The third-order valence-corrected chi connectivity index (χ3v) is 4.22. The van der Waals surface area contributed by atoms with Crippen molar-refractivity contribution < 1.29 is 9.59 Å². The number of rotatable bonds is 9. The van der Waals surface area contributed by atoms with Crippen LogP contribution in [-0.2, 0) is 9.59 Å². The lowest BCUT2D eigenvalue weighted by molar-refractivity contribution is -0.119. The van der Waals surface area contributed by atoms with Gasteiger partial charge in [0.1, 0.15) is 0 Å². The molecule has 0 aliphatic heterocycles. The quantitative estimate of drug-likeness (QED) is 0.488. The molecule has 0 rings (SSSR count). The van der Waals surface area contributed by atoms with Crippen LogP contribution in [0.3, 0.4) is 0 Å². The van der Waals surface area contributed by atoms with Crippen LogP contribution in [0.15, 0.2) is 0 Å². The number of hydrogen-bond acceptors (Lipinski definition) is 4. The number of hydrogen-bond donors (Lipinski definition) is 2. The molecule has 0 aromatic heterocycles. The Balaban J connectivity index is 2.98. The molecule has 16 heavy (non-hydrogen) atoms. The summed E-state index contributed by atoms with van der Waals surface area (Å²) in [6.07, 6.45) is 2.01. The first kappa shape index (κ1) is 15.6. The van der Waals surface area contributed by atoms with Crippen LogP contribution in [0, 0.1) is 0 Å². The smallest absolute Gasteiger partial charge is 0.216 e. The number of nitrogens with one attached hydrogen (secondary N) is 2. The Morgan fingerprint density at radius 2 is 1.25 bits per heavy atom. The first-order chi connectivity index (χ1) is 7.63. The maximum atomic E-state index is 10.5. The highest BCUT2D eigenvalue weighted by Crippen LogP contribution is 2.22. The van der Waals surface area contributed by atoms with E-state index < -0.39 is 0 Å². The van der Waals surface area contributed by atoms with Gasteiger partial charge < -0.3 is 10.6 Å². The molecule has 0 radical (unpaired) electrons. The minimum Gasteiger partial charge on any atom is -0.356 e. The molecule has 2 amide bonds. The highest BCUT2D eigenvalue weighted by molar-refractivity contribution is 8.76. The van der Waals surface area contributed by atoms with E-state index in [-0.39, 0.29) is 11.8 Å². The fourth-order valence-electron chi connectivity index (χ4n) is 0.909. The van der Waals surface area contributed by atoms with Gasteiger partial charge in [-0.25, -0.2) is 0 Å². The lowest BCUT2D eigenvalue weighted by Gasteiger charge is -2.03. The first-order valence-electron chi connectivity index (χ1n) is 5.36. The Labute approximate surface area is 105 Å². The fourth-order valence-corrected chi connectivity index (χ4v) is 3.08. The fraction of sp³-hybridized carbons (Fsp3) is 0.800. The van der Waals surface area contributed by atoms with Crippen LogP contribution in [-0.4, -0.2) is 36.4 Å². The lowest BCUT2D eigenvalue weighted by Crippen LogP contribution is -2.21. The summed E-state index contributed by atoms with van der Waals surface area (Å²) >= 11 is 0. The summed E-state index contributed by atoms with van der Waals surface area (Å²) in [5.41, 5.74) is 0. The minimum absolute atomic E-state index is 0.0351. The molecule has 0 unspecified atom stereocenters. The van der Waals surface area contributed by atoms with Crippen LogP contribution < -0.4 is 10.6 Å². The SMILES string of the molecule is CC(=O)NCCCSSCCCNC(C)=O. The van der Waals surface area contributed by atoms with Crippen LogP contribution in [0.25, 0.3) is 0 Å². The minimum atomic E-state index is 0.0351. The van der Waals surface area contributed by atoms with Gasteiger partial charge in [0.05, 0.1) is 0 Å². The molecule has 0 heterocycles. The molecule has 0 aliphatic carbocycles. The number of amides is 2. The van der Waals surface area contributed by atoms with Gasteiger partial charge in [0.15, 0.2) is 0 Å². The number of carbonyl (C=O) groups excluding carboxylic acids is 2. The van der Waals surface area contributed by atoms with Crippen molar-refractivity contribution in [3.63, 3.8) is 0 Å². The van der Waals surface area contributed by atoms with E-state index in [0.29, 0.717) is 0 Å². The van der Waals surface area contributed by atoms with E-state index in [1.54, 1.807) is 0 Å². The van der Waals surface area contributed by atoms with E-state index in [9.17, 15) is 9.59 Å². The Morgan fingerprint density at radius 1 is 0.875 bits per heavy atom. The van der Waals surface area contributed by atoms with Gasteiger partial charge in [-0.1, -0.05) is 21.6 Å². The standard InChI is InChI=1S/C10H20N2O2S2/c1-9(13)11-5-3-7-15-16-8-4-6-12-10(2)14/h3-8H2,1-2H3,(H,11,13)(H,12,14). The van der Waals surface area contributed by atoms with E-state index in [1.807, 2.05) is 21.6 Å². The second kappa shape index (κ2) is 11.1. The molecule has 0 aromatic carbocycles. The molecule has 94 valence electrons. The monoisotopic (exact) mass is 264 g/mol. The summed E-state index contributed by atoms with van der Waals surface area (Å²) in [7, 11) is 3.63. The normalized spacial score (nSPS) is 9.88. The highest BCUT2D eigenvalue weighted by atomic mass is 33.1. The predicted molar refractivity (Wildman–Crippen MR) is 71.5 cm³/mol. The van der Waals surface area contributed by atoms with Crippen molar-refractivity contribution in [3.05, 3.63) is 0 Å². The van der Waals surface area contributed by atoms with Crippen molar-refractivity contribution in [1.82, 2.24) is 10.6 Å². The molecule has 0 saturated carbocycles. The third kappa shape index (κ3) is 13.6. The molecule has 0 aliphatic rings. The average molecular weight is 264 g/mol. The van der Waals surface area contributed by atoms with Crippen LogP contribution in [0.4, 0.5) is 0 Å². The zero-order valence-corrected chi connectivity index (χ0v) is 11.5.